The Balaban J connectivity index is 2.49. The lowest BCUT2D eigenvalue weighted by Crippen LogP contribution is -2.02. The van der Waals surface area contributed by atoms with Crippen LogP contribution in [0.3, 0.4) is 0 Å². The van der Waals surface area contributed by atoms with E-state index in [0.29, 0.717) is 16.7 Å². The van der Waals surface area contributed by atoms with Gasteiger partial charge in [0.15, 0.2) is 0 Å². The quantitative estimate of drug-likeness (QED) is 0.618. The smallest absolute Gasteiger partial charge is 0.339 e. The Labute approximate surface area is 108 Å². The molecular weight excluding hydrogens is 257 g/mol. The van der Waals surface area contributed by atoms with Gasteiger partial charge in [0.25, 0.3) is 0 Å². The molecule has 1 aromatic heterocycles. The predicted octanol–water partition coefficient (Wildman–Crippen LogP) is 3.33. The zero-order valence-corrected chi connectivity index (χ0v) is 10.2. The first kappa shape index (κ1) is 12.5. The number of hydrogen-bond donors (Lipinski definition) is 0. The summed E-state index contributed by atoms with van der Waals surface area (Å²) in [7, 11) is 1.29. The number of halogens is 2. The van der Waals surface area contributed by atoms with Gasteiger partial charge in [-0.25, -0.2) is 14.2 Å². The largest absolute Gasteiger partial charge is 0.465 e. The Hall–Kier alpha value is -1.94. The fourth-order valence-electron chi connectivity index (χ4n) is 1.51. The number of ether oxygens (including phenoxy) is 1. The Morgan fingerprint density at radius 2 is 2.00 bits per heavy atom. The molecule has 0 N–H and O–H groups in total. The van der Waals surface area contributed by atoms with Crippen LogP contribution in [0, 0.1) is 5.82 Å². The first-order chi connectivity index (χ1) is 8.61. The first-order valence-electron chi connectivity index (χ1n) is 5.11. The molecule has 0 spiro atoms. The van der Waals surface area contributed by atoms with Crippen LogP contribution in [0.2, 0.25) is 5.15 Å². The summed E-state index contributed by atoms with van der Waals surface area (Å²) >= 11 is 5.96. The van der Waals surface area contributed by atoms with Crippen molar-refractivity contribution in [2.24, 2.45) is 0 Å². The molecule has 0 aliphatic heterocycles. The maximum absolute atomic E-state index is 12.8. The van der Waals surface area contributed by atoms with Crippen molar-refractivity contribution in [2.75, 3.05) is 7.11 Å². The summed E-state index contributed by atoms with van der Waals surface area (Å²) in [6, 6.07) is 7.33. The molecule has 0 radical (unpaired) electrons. The molecule has 0 aliphatic rings. The molecule has 18 heavy (non-hydrogen) atoms. The van der Waals surface area contributed by atoms with Gasteiger partial charge >= 0.3 is 5.97 Å². The van der Waals surface area contributed by atoms with E-state index >= 15 is 0 Å². The van der Waals surface area contributed by atoms with E-state index in [2.05, 4.69) is 9.72 Å². The molecule has 2 aromatic rings. The molecule has 0 bridgehead atoms. The Kier molecular flexibility index (Phi) is 3.58. The summed E-state index contributed by atoms with van der Waals surface area (Å²) in [5, 5.41) is 0.245. The number of aromatic nitrogens is 1. The zero-order valence-electron chi connectivity index (χ0n) is 9.48. The molecule has 1 aromatic carbocycles. The zero-order chi connectivity index (χ0) is 13.1. The third-order valence-corrected chi connectivity index (χ3v) is 2.72. The summed E-state index contributed by atoms with van der Waals surface area (Å²) in [5.74, 6) is -0.838. The van der Waals surface area contributed by atoms with Gasteiger partial charge in [-0.2, -0.15) is 0 Å². The van der Waals surface area contributed by atoms with Crippen molar-refractivity contribution in [3.8, 4) is 11.1 Å². The van der Waals surface area contributed by atoms with E-state index in [1.54, 1.807) is 18.2 Å². The summed E-state index contributed by atoms with van der Waals surface area (Å²) in [4.78, 5) is 15.3. The van der Waals surface area contributed by atoms with Crippen LogP contribution in [0.5, 0.6) is 0 Å². The molecule has 0 atom stereocenters. The van der Waals surface area contributed by atoms with Crippen molar-refractivity contribution in [3.63, 3.8) is 0 Å². The lowest BCUT2D eigenvalue weighted by molar-refractivity contribution is 0.0600. The Morgan fingerprint density at radius 1 is 1.33 bits per heavy atom. The summed E-state index contributed by atoms with van der Waals surface area (Å²) in [6.07, 6.45) is 1.33. The number of pyridine rings is 1. The van der Waals surface area contributed by atoms with Gasteiger partial charge in [0.2, 0.25) is 0 Å². The Bertz CT molecular complexity index is 584. The van der Waals surface area contributed by atoms with Gasteiger partial charge in [-0.1, -0.05) is 23.7 Å². The number of carbonyl (C=O) groups excluding carboxylic acids is 1. The molecule has 0 aliphatic carbocycles. The highest BCUT2D eigenvalue weighted by Gasteiger charge is 2.11. The maximum Gasteiger partial charge on any atom is 0.339 e. The molecule has 1 heterocycles. The standard InChI is InChI=1S/C13H9ClFNO2/c1-18-13(17)9-6-11(12(14)16-7-9)8-2-4-10(15)5-3-8/h2-7H,1H3. The minimum Gasteiger partial charge on any atom is -0.465 e. The number of benzene rings is 1. The maximum atomic E-state index is 12.8. The molecule has 5 heteroatoms. The lowest BCUT2D eigenvalue weighted by atomic mass is 10.1. The molecule has 0 amide bonds. The monoisotopic (exact) mass is 265 g/mol. The summed E-state index contributed by atoms with van der Waals surface area (Å²) in [5.41, 5.74) is 1.53. The van der Waals surface area contributed by atoms with E-state index in [0.717, 1.165) is 0 Å². The van der Waals surface area contributed by atoms with E-state index in [1.807, 2.05) is 0 Å². The van der Waals surface area contributed by atoms with Crippen LogP contribution in [0.25, 0.3) is 11.1 Å². The highest BCUT2D eigenvalue weighted by atomic mass is 35.5. The van der Waals surface area contributed by atoms with Crippen molar-refractivity contribution >= 4 is 17.6 Å². The second-order valence-electron chi connectivity index (χ2n) is 3.56. The molecule has 2 rings (SSSR count). The first-order valence-corrected chi connectivity index (χ1v) is 5.49. The van der Waals surface area contributed by atoms with E-state index in [-0.39, 0.29) is 11.0 Å². The number of methoxy groups -OCH3 is 1. The lowest BCUT2D eigenvalue weighted by Gasteiger charge is -2.06. The molecule has 0 saturated carbocycles. The summed E-state index contributed by atoms with van der Waals surface area (Å²) < 4.78 is 17.4. The van der Waals surface area contributed by atoms with Crippen molar-refractivity contribution in [2.45, 2.75) is 0 Å². The third kappa shape index (κ3) is 2.49. The van der Waals surface area contributed by atoms with E-state index < -0.39 is 5.97 Å². The predicted molar refractivity (Wildman–Crippen MR) is 66.0 cm³/mol. The van der Waals surface area contributed by atoms with E-state index in [9.17, 15) is 9.18 Å². The number of esters is 1. The second kappa shape index (κ2) is 5.14. The van der Waals surface area contributed by atoms with Crippen molar-refractivity contribution in [1.29, 1.82) is 0 Å². The van der Waals surface area contributed by atoms with Crippen LogP contribution in [0.15, 0.2) is 36.5 Å². The molecule has 0 fully saturated rings. The topological polar surface area (TPSA) is 39.2 Å². The Morgan fingerprint density at radius 3 is 2.61 bits per heavy atom. The van der Waals surface area contributed by atoms with Gasteiger partial charge < -0.3 is 4.74 Å². The van der Waals surface area contributed by atoms with Crippen LogP contribution < -0.4 is 0 Å². The van der Waals surface area contributed by atoms with Crippen LogP contribution in [0.1, 0.15) is 10.4 Å². The molecule has 0 saturated heterocycles. The van der Waals surface area contributed by atoms with E-state index in [1.165, 1.54) is 25.4 Å². The van der Waals surface area contributed by atoms with Gasteiger partial charge in [0.05, 0.1) is 12.7 Å². The number of rotatable bonds is 2. The van der Waals surface area contributed by atoms with Crippen LogP contribution in [-0.2, 0) is 4.74 Å². The van der Waals surface area contributed by atoms with Gasteiger partial charge in [-0.05, 0) is 23.8 Å². The highest BCUT2D eigenvalue weighted by Crippen LogP contribution is 2.27. The highest BCUT2D eigenvalue weighted by molar-refractivity contribution is 6.32. The average molecular weight is 266 g/mol. The minimum absolute atomic E-state index is 0.245. The van der Waals surface area contributed by atoms with Crippen molar-refractivity contribution in [1.82, 2.24) is 4.98 Å². The van der Waals surface area contributed by atoms with Crippen LogP contribution in [0.4, 0.5) is 4.39 Å². The fraction of sp³-hybridized carbons (Fsp3) is 0.0769. The minimum atomic E-state index is -0.498. The van der Waals surface area contributed by atoms with Gasteiger partial charge in [-0.15, -0.1) is 0 Å². The van der Waals surface area contributed by atoms with Gasteiger partial charge in [0.1, 0.15) is 11.0 Å². The third-order valence-electron chi connectivity index (χ3n) is 2.42. The van der Waals surface area contributed by atoms with Crippen molar-refractivity contribution in [3.05, 3.63) is 53.1 Å². The number of carbonyl (C=O) groups is 1. The van der Waals surface area contributed by atoms with Gasteiger partial charge in [-0.3, -0.25) is 0 Å². The molecule has 3 nitrogen and oxygen atoms in total. The SMILES string of the molecule is COC(=O)c1cnc(Cl)c(-c2ccc(F)cc2)c1. The fourth-order valence-corrected chi connectivity index (χ4v) is 1.72. The second-order valence-corrected chi connectivity index (χ2v) is 3.92. The average Bonchev–Trinajstić information content (AvgIpc) is 2.39. The molecular formula is C13H9ClFNO2. The van der Waals surface area contributed by atoms with Crippen molar-refractivity contribution < 1.29 is 13.9 Å². The van der Waals surface area contributed by atoms with E-state index in [4.69, 9.17) is 11.6 Å². The number of hydrogen-bond acceptors (Lipinski definition) is 3. The molecule has 0 unspecified atom stereocenters. The number of nitrogens with zero attached hydrogens (tertiary/aromatic N) is 1. The summed E-state index contributed by atoms with van der Waals surface area (Å²) in [6.45, 7) is 0. The van der Waals surface area contributed by atoms with Crippen LogP contribution in [-0.4, -0.2) is 18.1 Å². The van der Waals surface area contributed by atoms with Crippen LogP contribution >= 0.6 is 11.6 Å². The van der Waals surface area contributed by atoms with Gasteiger partial charge in [0, 0.05) is 11.8 Å². The molecule has 92 valence electrons. The normalized spacial score (nSPS) is 10.2.